The molecule has 0 saturated carbocycles. The third-order valence-corrected chi connectivity index (χ3v) is 4.82. The van der Waals surface area contributed by atoms with Crippen molar-refractivity contribution in [3.8, 4) is 0 Å². The Balaban J connectivity index is 2.02. The molecular formula is C19H24N2O4. The van der Waals surface area contributed by atoms with Crippen molar-refractivity contribution >= 4 is 16.9 Å². The number of carbonyl (C=O) groups is 1. The van der Waals surface area contributed by atoms with Crippen LogP contribution in [0.5, 0.6) is 0 Å². The number of carboxylic acids is 1. The number of hydrogen-bond donors (Lipinski definition) is 2. The number of rotatable bonds is 7. The number of aryl methyl sites for hydroxylation is 2. The molecule has 1 aliphatic heterocycles. The van der Waals surface area contributed by atoms with Gasteiger partial charge in [-0.25, -0.2) is 4.79 Å². The average Bonchev–Trinajstić information content (AvgIpc) is 2.59. The molecule has 6 heteroatoms. The predicted octanol–water partition coefficient (Wildman–Crippen LogP) is 2.11. The lowest BCUT2D eigenvalue weighted by atomic mass is 9.93. The quantitative estimate of drug-likeness (QED) is 0.750. The van der Waals surface area contributed by atoms with Crippen LogP contribution in [0.25, 0.3) is 10.9 Å². The maximum atomic E-state index is 12.7. The SMILES string of the molecule is C[C@H]1CCc2cc(CCCOCCN)cc3c(=O)c(C(=O)O)cn1c23. The summed E-state index contributed by atoms with van der Waals surface area (Å²) in [5.74, 6) is -1.17. The van der Waals surface area contributed by atoms with Gasteiger partial charge in [-0.15, -0.1) is 0 Å². The maximum absolute atomic E-state index is 12.7. The number of hydrogen-bond acceptors (Lipinski definition) is 4. The highest BCUT2D eigenvalue weighted by Gasteiger charge is 2.23. The number of nitrogens with two attached hydrogens (primary N) is 1. The molecule has 134 valence electrons. The molecule has 6 nitrogen and oxygen atoms in total. The molecule has 0 amide bonds. The van der Waals surface area contributed by atoms with E-state index < -0.39 is 11.4 Å². The van der Waals surface area contributed by atoms with Crippen molar-refractivity contribution in [1.29, 1.82) is 0 Å². The van der Waals surface area contributed by atoms with Gasteiger partial charge in [0.05, 0.1) is 12.1 Å². The number of aromatic nitrogens is 1. The van der Waals surface area contributed by atoms with Gasteiger partial charge in [0, 0.05) is 30.8 Å². The zero-order valence-corrected chi connectivity index (χ0v) is 14.5. The molecule has 0 unspecified atom stereocenters. The minimum atomic E-state index is -1.17. The highest BCUT2D eigenvalue weighted by molar-refractivity contribution is 5.94. The van der Waals surface area contributed by atoms with Crippen LogP contribution in [0, 0.1) is 0 Å². The van der Waals surface area contributed by atoms with E-state index in [2.05, 4.69) is 13.0 Å². The molecule has 2 aromatic rings. The van der Waals surface area contributed by atoms with Crippen molar-refractivity contribution in [3.63, 3.8) is 0 Å². The van der Waals surface area contributed by atoms with Crippen LogP contribution >= 0.6 is 0 Å². The van der Waals surface area contributed by atoms with Gasteiger partial charge in [-0.3, -0.25) is 4.79 Å². The van der Waals surface area contributed by atoms with Crippen molar-refractivity contribution in [2.24, 2.45) is 5.73 Å². The first-order chi connectivity index (χ1) is 12.0. The predicted molar refractivity (Wildman–Crippen MR) is 96.4 cm³/mol. The fourth-order valence-electron chi connectivity index (χ4n) is 3.55. The van der Waals surface area contributed by atoms with Gasteiger partial charge in [-0.05, 0) is 49.8 Å². The molecule has 0 spiro atoms. The standard InChI is InChI=1S/C19H24N2O4/c1-12-4-5-14-9-13(3-2-7-25-8-6-20)10-15-17(14)21(12)11-16(18(15)22)19(23)24/h9-12H,2-8,20H2,1H3,(H,23,24)/t12-/m0/s1. The third kappa shape index (κ3) is 3.45. The number of aromatic carboxylic acids is 1. The van der Waals surface area contributed by atoms with Gasteiger partial charge in [0.25, 0.3) is 0 Å². The van der Waals surface area contributed by atoms with Gasteiger partial charge in [0.1, 0.15) is 5.56 Å². The van der Waals surface area contributed by atoms with E-state index in [1.165, 1.54) is 6.20 Å². The summed E-state index contributed by atoms with van der Waals surface area (Å²) in [6.07, 6.45) is 4.97. The Bertz CT molecular complexity index is 857. The van der Waals surface area contributed by atoms with Crippen LogP contribution in [-0.2, 0) is 17.6 Å². The fourth-order valence-corrected chi connectivity index (χ4v) is 3.55. The topological polar surface area (TPSA) is 94.6 Å². The third-order valence-electron chi connectivity index (χ3n) is 4.82. The van der Waals surface area contributed by atoms with E-state index in [1.807, 2.05) is 10.6 Å². The Morgan fingerprint density at radius 3 is 2.92 bits per heavy atom. The molecular weight excluding hydrogens is 320 g/mol. The van der Waals surface area contributed by atoms with Gasteiger partial charge in [0.15, 0.2) is 0 Å². The average molecular weight is 344 g/mol. The summed E-state index contributed by atoms with van der Waals surface area (Å²) < 4.78 is 7.35. The van der Waals surface area contributed by atoms with Crippen molar-refractivity contribution < 1.29 is 14.6 Å². The summed E-state index contributed by atoms with van der Waals surface area (Å²) in [6, 6.07) is 4.18. The van der Waals surface area contributed by atoms with Gasteiger partial charge in [0.2, 0.25) is 5.43 Å². The van der Waals surface area contributed by atoms with Crippen LogP contribution in [-0.4, -0.2) is 35.4 Å². The molecule has 0 saturated heterocycles. The second-order valence-electron chi connectivity index (χ2n) is 6.63. The van der Waals surface area contributed by atoms with E-state index in [0.29, 0.717) is 25.1 Å². The first-order valence-corrected chi connectivity index (χ1v) is 8.74. The van der Waals surface area contributed by atoms with Gasteiger partial charge >= 0.3 is 5.97 Å². The minimum absolute atomic E-state index is 0.157. The van der Waals surface area contributed by atoms with Crippen LogP contribution in [0.15, 0.2) is 23.1 Å². The Hall–Kier alpha value is -2.18. The summed E-state index contributed by atoms with van der Waals surface area (Å²) >= 11 is 0. The van der Waals surface area contributed by atoms with Gasteiger partial charge < -0.3 is 20.1 Å². The first-order valence-electron chi connectivity index (χ1n) is 8.74. The lowest BCUT2D eigenvalue weighted by Crippen LogP contribution is -2.24. The number of benzene rings is 1. The molecule has 0 bridgehead atoms. The van der Waals surface area contributed by atoms with Crippen LogP contribution in [0.3, 0.4) is 0 Å². The monoisotopic (exact) mass is 344 g/mol. The zero-order valence-electron chi connectivity index (χ0n) is 14.5. The molecule has 25 heavy (non-hydrogen) atoms. The number of nitrogens with zero attached hydrogens (tertiary/aromatic N) is 1. The highest BCUT2D eigenvalue weighted by atomic mass is 16.5. The lowest BCUT2D eigenvalue weighted by molar-refractivity contribution is 0.0694. The Morgan fingerprint density at radius 1 is 1.40 bits per heavy atom. The first kappa shape index (κ1) is 17.6. The molecule has 3 rings (SSSR count). The van der Waals surface area contributed by atoms with E-state index >= 15 is 0 Å². The smallest absolute Gasteiger partial charge is 0.341 e. The Morgan fingerprint density at radius 2 is 2.20 bits per heavy atom. The summed E-state index contributed by atoms with van der Waals surface area (Å²) in [5, 5.41) is 9.89. The number of ether oxygens (including phenoxy) is 1. The molecule has 1 aliphatic rings. The van der Waals surface area contributed by atoms with Crippen molar-refractivity contribution in [3.05, 3.63) is 45.2 Å². The summed E-state index contributed by atoms with van der Waals surface area (Å²) in [4.78, 5) is 24.1. The fraction of sp³-hybridized carbons (Fsp3) is 0.474. The minimum Gasteiger partial charge on any atom is -0.477 e. The van der Waals surface area contributed by atoms with Crippen molar-refractivity contribution in [2.75, 3.05) is 19.8 Å². The molecule has 0 radical (unpaired) electrons. The van der Waals surface area contributed by atoms with Gasteiger partial charge in [-0.2, -0.15) is 0 Å². The molecule has 1 aromatic carbocycles. The van der Waals surface area contributed by atoms with E-state index in [9.17, 15) is 14.7 Å². The molecule has 3 N–H and O–H groups in total. The second kappa shape index (κ2) is 7.37. The van der Waals surface area contributed by atoms with Crippen LogP contribution in [0.2, 0.25) is 0 Å². The largest absolute Gasteiger partial charge is 0.477 e. The Labute approximate surface area is 146 Å². The second-order valence-corrected chi connectivity index (χ2v) is 6.63. The maximum Gasteiger partial charge on any atom is 0.341 e. The zero-order chi connectivity index (χ0) is 18.0. The normalized spacial score (nSPS) is 16.3. The lowest BCUT2D eigenvalue weighted by Gasteiger charge is -2.27. The van der Waals surface area contributed by atoms with Crippen LogP contribution < -0.4 is 11.2 Å². The summed E-state index contributed by atoms with van der Waals surface area (Å²) in [5.41, 5.74) is 7.92. The van der Waals surface area contributed by atoms with Crippen molar-refractivity contribution in [2.45, 2.75) is 38.6 Å². The molecule has 0 aliphatic carbocycles. The molecule has 0 fully saturated rings. The van der Waals surface area contributed by atoms with Crippen molar-refractivity contribution in [1.82, 2.24) is 4.57 Å². The van der Waals surface area contributed by atoms with E-state index in [1.54, 1.807) is 0 Å². The van der Waals surface area contributed by atoms with Gasteiger partial charge in [-0.1, -0.05) is 6.07 Å². The number of pyridine rings is 1. The summed E-state index contributed by atoms with van der Waals surface area (Å²) in [6.45, 7) is 3.74. The summed E-state index contributed by atoms with van der Waals surface area (Å²) in [7, 11) is 0. The van der Waals surface area contributed by atoms with E-state index in [0.717, 1.165) is 42.3 Å². The van der Waals surface area contributed by atoms with E-state index in [-0.39, 0.29) is 11.6 Å². The molecule has 1 atom stereocenters. The van der Waals surface area contributed by atoms with Crippen LogP contribution in [0.4, 0.5) is 0 Å². The highest BCUT2D eigenvalue weighted by Crippen LogP contribution is 2.31. The molecule has 1 aromatic heterocycles. The van der Waals surface area contributed by atoms with Crippen LogP contribution in [0.1, 0.15) is 47.3 Å². The van der Waals surface area contributed by atoms with E-state index in [4.69, 9.17) is 10.5 Å². The Kier molecular flexibility index (Phi) is 5.20. The number of carboxylic acid groups (broad SMARTS) is 1. The molecule has 2 heterocycles.